The Hall–Kier alpha value is -4.54. The Morgan fingerprint density at radius 2 is 1.61 bits per heavy atom. The molecule has 51 heavy (non-hydrogen) atoms. The molecule has 1 N–H and O–H groups in total. The summed E-state index contributed by atoms with van der Waals surface area (Å²) in [5.41, 5.74) is 0.131. The molecule has 2 fully saturated rings. The van der Waals surface area contributed by atoms with Crippen molar-refractivity contribution in [3.8, 4) is 23.0 Å². The summed E-state index contributed by atoms with van der Waals surface area (Å²) in [6, 6.07) is 5.33. The van der Waals surface area contributed by atoms with Gasteiger partial charge >= 0.3 is 11.4 Å². The second kappa shape index (κ2) is 12.0. The Morgan fingerprint density at radius 3 is 2.27 bits per heavy atom. The Morgan fingerprint density at radius 1 is 0.941 bits per heavy atom. The second-order valence-electron chi connectivity index (χ2n) is 12.6. The minimum Gasteiger partial charge on any atom is -0.503 e. The molecule has 1 aliphatic carbocycles. The average molecular weight is 806 g/mol. The lowest BCUT2D eigenvalue weighted by Gasteiger charge is -2.49. The van der Waals surface area contributed by atoms with E-state index in [2.05, 4.69) is 20.9 Å². The lowest BCUT2D eigenvalue weighted by molar-refractivity contribution is -0.137. The van der Waals surface area contributed by atoms with E-state index >= 15 is 0 Å². The molecule has 268 valence electrons. The fourth-order valence-electron chi connectivity index (χ4n) is 7.62. The third-order valence-corrected chi connectivity index (χ3v) is 12.2. The molecule has 1 saturated heterocycles. The number of ether oxygens (including phenoxy) is 3. The van der Waals surface area contributed by atoms with Crippen LogP contribution in [0.25, 0.3) is 11.0 Å². The lowest BCUT2D eigenvalue weighted by atomic mass is 9.64. The van der Waals surface area contributed by atoms with Gasteiger partial charge in [-0.05, 0) is 39.2 Å². The molecular formula is C33H31BrCl2N6O9. The largest absolute Gasteiger partial charge is 0.503 e. The van der Waals surface area contributed by atoms with Crippen LogP contribution in [0.1, 0.15) is 29.6 Å². The van der Waals surface area contributed by atoms with Gasteiger partial charge in [0.15, 0.2) is 32.7 Å². The number of phenols is 1. The molecule has 2 amide bonds. The summed E-state index contributed by atoms with van der Waals surface area (Å²) in [5.74, 6) is -1.88. The molecule has 7 rings (SSSR count). The van der Waals surface area contributed by atoms with Crippen LogP contribution in [0.5, 0.6) is 23.0 Å². The van der Waals surface area contributed by atoms with Crippen LogP contribution >= 0.6 is 39.1 Å². The number of rotatable bonds is 7. The Balaban J connectivity index is 1.33. The van der Waals surface area contributed by atoms with Crippen LogP contribution in [-0.4, -0.2) is 83.4 Å². The van der Waals surface area contributed by atoms with E-state index in [4.69, 9.17) is 37.4 Å². The van der Waals surface area contributed by atoms with Gasteiger partial charge < -0.3 is 23.9 Å². The van der Waals surface area contributed by atoms with Gasteiger partial charge in [0, 0.05) is 51.5 Å². The van der Waals surface area contributed by atoms with Gasteiger partial charge in [-0.25, -0.2) is 28.5 Å². The first-order valence-electron chi connectivity index (χ1n) is 15.6. The molecule has 1 saturated carbocycles. The highest BCUT2D eigenvalue weighted by atomic mass is 79.9. The number of amides is 2. The summed E-state index contributed by atoms with van der Waals surface area (Å²) >= 11 is 17.8. The highest BCUT2D eigenvalue weighted by molar-refractivity contribution is 9.10. The van der Waals surface area contributed by atoms with Crippen molar-refractivity contribution in [2.24, 2.45) is 7.05 Å². The maximum absolute atomic E-state index is 14.2. The zero-order valence-electron chi connectivity index (χ0n) is 27.9. The Bertz CT molecular complexity index is 2420. The van der Waals surface area contributed by atoms with Crippen molar-refractivity contribution in [3.05, 3.63) is 83.0 Å². The number of hydrogen-bond acceptors (Lipinski definition) is 10. The zero-order chi connectivity index (χ0) is 36.9. The third kappa shape index (κ3) is 4.68. The monoisotopic (exact) mass is 804 g/mol. The molecule has 0 spiro atoms. The summed E-state index contributed by atoms with van der Waals surface area (Å²) in [4.78, 5) is 70.3. The fourth-order valence-corrected chi connectivity index (χ4v) is 9.08. The van der Waals surface area contributed by atoms with E-state index in [0.29, 0.717) is 33.7 Å². The minimum absolute atomic E-state index is 0.0625. The number of allylic oxidation sites excluding steroid dienone is 2. The lowest BCUT2D eigenvalue weighted by Crippen LogP contribution is -2.59. The Kier molecular flexibility index (Phi) is 8.22. The van der Waals surface area contributed by atoms with Crippen molar-refractivity contribution in [2.75, 3.05) is 28.4 Å². The molecule has 4 atom stereocenters. The van der Waals surface area contributed by atoms with Crippen LogP contribution in [0.4, 0.5) is 0 Å². The number of halogens is 3. The summed E-state index contributed by atoms with van der Waals surface area (Å²) in [7, 11) is 7.19. The molecule has 2 aromatic heterocycles. The normalized spacial score (nSPS) is 23.9. The molecule has 2 aromatic carbocycles. The van der Waals surface area contributed by atoms with E-state index in [-0.39, 0.29) is 47.6 Å². The fraction of sp³-hybridized carbons (Fsp3) is 0.394. The summed E-state index contributed by atoms with van der Waals surface area (Å²) in [6.07, 6.45) is 1.35. The number of methoxy groups -OCH3 is 3. The number of likely N-dealkylation sites (tertiary alicyclic amines) is 1. The van der Waals surface area contributed by atoms with Crippen LogP contribution in [-0.2, 0) is 36.1 Å². The highest BCUT2D eigenvalue weighted by Crippen LogP contribution is 2.63. The molecule has 4 heterocycles. The van der Waals surface area contributed by atoms with Gasteiger partial charge in [-0.2, -0.15) is 0 Å². The molecule has 4 unspecified atom stereocenters. The van der Waals surface area contributed by atoms with Gasteiger partial charge in [-0.15, -0.1) is 23.2 Å². The van der Waals surface area contributed by atoms with Crippen molar-refractivity contribution >= 4 is 62.0 Å². The molecule has 4 aromatic rings. The maximum atomic E-state index is 14.2. The average Bonchev–Trinajstić information content (AvgIpc) is 3.43. The van der Waals surface area contributed by atoms with Crippen LogP contribution in [0.2, 0.25) is 0 Å². The minimum atomic E-state index is -2.03. The number of aryl methyl sites for hydroxylation is 2. The molecule has 0 radical (unpaired) electrons. The maximum Gasteiger partial charge on any atom is 0.347 e. The van der Waals surface area contributed by atoms with E-state index < -0.39 is 50.5 Å². The standard InChI is InChI=1S/C33H31BrCl2N6O9/c1-38-20-13-23(50-4)22(49-3)12-19(20)37-18(27(38)44)7-8-40-30(47)41-9-6-16-21(42(41)31(40)48)14-32(35)28(45)39(2)29(46)33(32,36)25(16)15-10-17(34)26(43)24(11-15)51-5/h6,10-13,21,25,43H,7-9,14H2,1-5H3. The van der Waals surface area contributed by atoms with Crippen molar-refractivity contribution in [2.45, 2.75) is 47.6 Å². The SMILES string of the molecule is COc1cc2nc(CCn3c(=O)n4n(c3=O)C3CC5(Cl)C(=O)N(C)C(=O)C5(Cl)C(c5cc(Br)c(O)c(OC)c5)C3=CC4)c(=O)n(C)c2cc1OC. The molecule has 3 aliphatic rings. The first kappa shape index (κ1) is 34.9. The number of phenolic OH excluding ortho intramolecular Hbond substituents is 1. The van der Waals surface area contributed by atoms with Crippen LogP contribution < -0.4 is 31.1 Å². The van der Waals surface area contributed by atoms with Crippen molar-refractivity contribution in [1.29, 1.82) is 0 Å². The number of fused-ring (bicyclic) bond motifs is 5. The third-order valence-electron chi connectivity index (χ3n) is 10.2. The van der Waals surface area contributed by atoms with Crippen LogP contribution in [0.3, 0.4) is 0 Å². The first-order valence-corrected chi connectivity index (χ1v) is 17.2. The topological polar surface area (TPSA) is 169 Å². The van der Waals surface area contributed by atoms with Crippen LogP contribution in [0.15, 0.2) is 54.8 Å². The number of aromatic nitrogens is 5. The van der Waals surface area contributed by atoms with Crippen molar-refractivity contribution < 1.29 is 28.9 Å². The smallest absolute Gasteiger partial charge is 0.347 e. The van der Waals surface area contributed by atoms with Gasteiger partial charge in [0.2, 0.25) is 0 Å². The van der Waals surface area contributed by atoms with Gasteiger partial charge in [-0.1, -0.05) is 6.08 Å². The van der Waals surface area contributed by atoms with E-state index in [9.17, 15) is 29.1 Å². The molecule has 15 nitrogen and oxygen atoms in total. The number of hydrogen-bond donors (Lipinski definition) is 1. The van der Waals surface area contributed by atoms with Crippen LogP contribution in [0, 0.1) is 0 Å². The summed E-state index contributed by atoms with van der Waals surface area (Å²) in [5, 5.41) is 10.6. The number of aromatic hydroxyl groups is 1. The van der Waals surface area contributed by atoms with Gasteiger partial charge in [0.05, 0.1) is 49.4 Å². The van der Waals surface area contributed by atoms with Gasteiger partial charge in [0.1, 0.15) is 5.69 Å². The quantitative estimate of drug-likeness (QED) is 0.166. The first-order chi connectivity index (χ1) is 24.1. The Labute approximate surface area is 307 Å². The van der Waals surface area contributed by atoms with E-state index in [0.717, 1.165) is 9.47 Å². The number of carbonyl (C=O) groups excluding carboxylic acids is 2. The zero-order valence-corrected chi connectivity index (χ0v) is 31.0. The van der Waals surface area contributed by atoms with E-state index in [1.54, 1.807) is 31.3 Å². The summed E-state index contributed by atoms with van der Waals surface area (Å²) in [6.45, 7) is -0.261. The molecule has 18 heteroatoms. The number of alkyl halides is 2. The van der Waals surface area contributed by atoms with Crippen molar-refractivity contribution in [3.63, 3.8) is 0 Å². The van der Waals surface area contributed by atoms with Gasteiger partial charge in [0.25, 0.3) is 17.4 Å². The predicted molar refractivity (Wildman–Crippen MR) is 189 cm³/mol. The van der Waals surface area contributed by atoms with E-state index in [1.807, 2.05) is 0 Å². The summed E-state index contributed by atoms with van der Waals surface area (Å²) < 4.78 is 21.2. The number of nitrogens with zero attached hydrogens (tertiary/aromatic N) is 6. The molecule has 2 aliphatic heterocycles. The van der Waals surface area contributed by atoms with Crippen molar-refractivity contribution in [1.82, 2.24) is 28.4 Å². The number of benzene rings is 2. The number of carbonyl (C=O) groups is 2. The predicted octanol–water partition coefficient (Wildman–Crippen LogP) is 2.42. The molecular weight excluding hydrogens is 775 g/mol. The highest BCUT2D eigenvalue weighted by Gasteiger charge is 2.75. The molecule has 0 bridgehead atoms. The number of imide groups is 1. The van der Waals surface area contributed by atoms with Gasteiger partial charge in [-0.3, -0.25) is 19.3 Å². The van der Waals surface area contributed by atoms with E-state index in [1.165, 1.54) is 48.4 Å². The second-order valence-corrected chi connectivity index (χ2v) is 14.7.